The van der Waals surface area contributed by atoms with E-state index in [0.29, 0.717) is 0 Å². The average Bonchev–Trinajstić information content (AvgIpc) is 2.42. The maximum absolute atomic E-state index is 11.9. The van der Waals surface area contributed by atoms with E-state index >= 15 is 0 Å². The first-order valence-electron chi connectivity index (χ1n) is 6.17. The monoisotopic (exact) mass is 269 g/mol. The molecular formula is C14H20ClNO2. The number of hydrogen-bond acceptors (Lipinski definition) is 2. The number of aryl methyl sites for hydroxylation is 2. The van der Waals surface area contributed by atoms with Crippen molar-refractivity contribution in [2.75, 3.05) is 13.8 Å². The number of ether oxygens (including phenoxy) is 1. The fourth-order valence-corrected chi connectivity index (χ4v) is 2.33. The van der Waals surface area contributed by atoms with E-state index in [1.165, 1.54) is 7.11 Å². The lowest BCUT2D eigenvalue weighted by atomic mass is 9.94. The highest BCUT2D eigenvalue weighted by atomic mass is 35.5. The number of carbonyl (C=O) groups is 1. The number of alkyl halides is 1. The Hall–Kier alpha value is -1.06. The Morgan fingerprint density at radius 2 is 1.89 bits per heavy atom. The lowest BCUT2D eigenvalue weighted by Gasteiger charge is -2.17. The molecule has 100 valence electrons. The Kier molecular flexibility index (Phi) is 6.16. The molecule has 1 amide bonds. The minimum absolute atomic E-state index is 0.178. The van der Waals surface area contributed by atoms with Crippen LogP contribution in [0.4, 0.5) is 0 Å². The van der Waals surface area contributed by atoms with Crippen molar-refractivity contribution in [1.29, 1.82) is 0 Å². The SMILES string of the molecule is CCc1cccc(CC)c1C(Cl)C(=O)NCOC. The average molecular weight is 270 g/mol. The minimum atomic E-state index is -0.661. The van der Waals surface area contributed by atoms with Crippen molar-refractivity contribution in [3.63, 3.8) is 0 Å². The van der Waals surface area contributed by atoms with Crippen LogP contribution in [0.3, 0.4) is 0 Å². The van der Waals surface area contributed by atoms with E-state index in [0.717, 1.165) is 29.5 Å². The molecule has 18 heavy (non-hydrogen) atoms. The molecule has 0 saturated heterocycles. The van der Waals surface area contributed by atoms with Gasteiger partial charge in [0.05, 0.1) is 0 Å². The largest absolute Gasteiger partial charge is 0.364 e. The summed E-state index contributed by atoms with van der Waals surface area (Å²) in [5.41, 5.74) is 3.20. The molecule has 0 aromatic heterocycles. The number of rotatable bonds is 6. The topological polar surface area (TPSA) is 38.3 Å². The summed E-state index contributed by atoms with van der Waals surface area (Å²) in [7, 11) is 1.53. The lowest BCUT2D eigenvalue weighted by Crippen LogP contribution is -2.29. The first-order chi connectivity index (χ1) is 8.65. The summed E-state index contributed by atoms with van der Waals surface area (Å²) in [6, 6.07) is 6.05. The number of hydrogen-bond donors (Lipinski definition) is 1. The van der Waals surface area contributed by atoms with Gasteiger partial charge in [-0.2, -0.15) is 0 Å². The molecule has 0 aliphatic rings. The number of benzene rings is 1. The van der Waals surface area contributed by atoms with Crippen LogP contribution in [0.25, 0.3) is 0 Å². The standard InChI is InChI=1S/C14H20ClNO2/c1-4-10-7-6-8-11(5-2)12(10)13(15)14(17)16-9-18-3/h6-8,13H,4-5,9H2,1-3H3,(H,16,17). The Morgan fingerprint density at radius 3 is 2.33 bits per heavy atom. The van der Waals surface area contributed by atoms with Gasteiger partial charge in [-0.3, -0.25) is 4.79 Å². The van der Waals surface area contributed by atoms with Crippen LogP contribution in [0.5, 0.6) is 0 Å². The molecular weight excluding hydrogens is 250 g/mol. The smallest absolute Gasteiger partial charge is 0.244 e. The molecule has 1 aromatic rings. The molecule has 0 aliphatic heterocycles. The summed E-state index contributed by atoms with van der Waals surface area (Å²) >= 11 is 6.29. The molecule has 0 fully saturated rings. The number of nitrogens with one attached hydrogen (secondary N) is 1. The predicted molar refractivity (Wildman–Crippen MR) is 73.8 cm³/mol. The van der Waals surface area contributed by atoms with Gasteiger partial charge in [-0.25, -0.2) is 0 Å². The van der Waals surface area contributed by atoms with Crippen molar-refractivity contribution in [3.05, 3.63) is 34.9 Å². The Balaban J connectivity index is 3.02. The molecule has 0 aliphatic carbocycles. The summed E-state index contributed by atoms with van der Waals surface area (Å²) in [5, 5.41) is 1.98. The van der Waals surface area contributed by atoms with Crippen LogP contribution < -0.4 is 5.32 Å². The Bertz CT molecular complexity index is 385. The molecule has 0 saturated carbocycles. The van der Waals surface area contributed by atoms with Gasteiger partial charge in [-0.15, -0.1) is 11.6 Å². The first-order valence-corrected chi connectivity index (χ1v) is 6.60. The fourth-order valence-electron chi connectivity index (χ4n) is 1.97. The molecule has 1 N–H and O–H groups in total. The van der Waals surface area contributed by atoms with Crippen LogP contribution in [0.2, 0.25) is 0 Å². The van der Waals surface area contributed by atoms with Gasteiger partial charge in [0.25, 0.3) is 0 Å². The highest BCUT2D eigenvalue weighted by Gasteiger charge is 2.22. The number of halogens is 1. The summed E-state index contributed by atoms with van der Waals surface area (Å²) in [6.07, 6.45) is 1.73. The van der Waals surface area contributed by atoms with Crippen molar-refractivity contribution < 1.29 is 9.53 Å². The van der Waals surface area contributed by atoms with Crippen LogP contribution in [0.1, 0.15) is 35.9 Å². The second-order valence-electron chi connectivity index (χ2n) is 4.03. The van der Waals surface area contributed by atoms with Gasteiger partial charge in [-0.05, 0) is 29.5 Å². The van der Waals surface area contributed by atoms with E-state index in [2.05, 4.69) is 19.2 Å². The van der Waals surface area contributed by atoms with Crippen LogP contribution in [-0.2, 0) is 22.4 Å². The molecule has 1 aromatic carbocycles. The summed E-state index contributed by atoms with van der Waals surface area (Å²) in [6.45, 7) is 4.31. The van der Waals surface area contributed by atoms with Crippen molar-refractivity contribution in [3.8, 4) is 0 Å². The van der Waals surface area contributed by atoms with E-state index in [1.807, 2.05) is 18.2 Å². The van der Waals surface area contributed by atoms with E-state index in [9.17, 15) is 4.79 Å². The third kappa shape index (κ3) is 3.47. The lowest BCUT2D eigenvalue weighted by molar-refractivity contribution is -0.122. The normalized spacial score (nSPS) is 12.2. The molecule has 1 atom stereocenters. The van der Waals surface area contributed by atoms with Crippen molar-refractivity contribution >= 4 is 17.5 Å². The third-order valence-electron chi connectivity index (χ3n) is 2.92. The van der Waals surface area contributed by atoms with Crippen molar-refractivity contribution in [2.45, 2.75) is 32.1 Å². The third-order valence-corrected chi connectivity index (χ3v) is 3.34. The Labute approximate surface area is 113 Å². The van der Waals surface area contributed by atoms with Gasteiger partial charge in [-0.1, -0.05) is 32.0 Å². The van der Waals surface area contributed by atoms with Gasteiger partial charge in [0.2, 0.25) is 5.91 Å². The minimum Gasteiger partial charge on any atom is -0.364 e. The number of methoxy groups -OCH3 is 1. The van der Waals surface area contributed by atoms with Gasteiger partial charge in [0, 0.05) is 7.11 Å². The molecule has 1 rings (SSSR count). The zero-order chi connectivity index (χ0) is 13.5. The van der Waals surface area contributed by atoms with Gasteiger partial charge < -0.3 is 10.1 Å². The van der Waals surface area contributed by atoms with Crippen molar-refractivity contribution in [1.82, 2.24) is 5.32 Å². The second kappa shape index (κ2) is 7.39. The highest BCUT2D eigenvalue weighted by molar-refractivity contribution is 6.31. The number of carbonyl (C=O) groups excluding carboxylic acids is 1. The first kappa shape index (κ1) is 15.0. The molecule has 0 bridgehead atoms. The van der Waals surface area contributed by atoms with Crippen LogP contribution in [0.15, 0.2) is 18.2 Å². The summed E-state index contributed by atoms with van der Waals surface area (Å²) in [4.78, 5) is 11.9. The molecule has 0 spiro atoms. The van der Waals surface area contributed by atoms with E-state index in [4.69, 9.17) is 16.3 Å². The van der Waals surface area contributed by atoms with Crippen LogP contribution in [-0.4, -0.2) is 19.7 Å². The zero-order valence-electron chi connectivity index (χ0n) is 11.1. The molecule has 4 heteroatoms. The molecule has 0 radical (unpaired) electrons. The molecule has 3 nitrogen and oxygen atoms in total. The fraction of sp³-hybridized carbons (Fsp3) is 0.500. The zero-order valence-corrected chi connectivity index (χ0v) is 11.9. The Morgan fingerprint density at radius 1 is 1.33 bits per heavy atom. The summed E-state index contributed by atoms with van der Waals surface area (Å²) < 4.78 is 4.82. The highest BCUT2D eigenvalue weighted by Crippen LogP contribution is 2.29. The van der Waals surface area contributed by atoms with Gasteiger partial charge >= 0.3 is 0 Å². The van der Waals surface area contributed by atoms with Gasteiger partial charge in [0.1, 0.15) is 12.1 Å². The molecule has 1 unspecified atom stereocenters. The number of amides is 1. The van der Waals surface area contributed by atoms with E-state index in [-0.39, 0.29) is 12.6 Å². The van der Waals surface area contributed by atoms with Crippen LogP contribution >= 0.6 is 11.6 Å². The maximum Gasteiger partial charge on any atom is 0.244 e. The predicted octanol–water partition coefficient (Wildman–Crippen LogP) is 2.81. The van der Waals surface area contributed by atoms with Crippen LogP contribution in [0, 0.1) is 0 Å². The molecule has 0 heterocycles. The maximum atomic E-state index is 11.9. The summed E-state index contributed by atoms with van der Waals surface area (Å²) in [5.74, 6) is -0.214. The van der Waals surface area contributed by atoms with Gasteiger partial charge in [0.15, 0.2) is 0 Å². The quantitative estimate of drug-likeness (QED) is 0.637. The van der Waals surface area contributed by atoms with E-state index in [1.54, 1.807) is 0 Å². The van der Waals surface area contributed by atoms with Crippen molar-refractivity contribution in [2.24, 2.45) is 0 Å². The van der Waals surface area contributed by atoms with E-state index < -0.39 is 5.38 Å². The second-order valence-corrected chi connectivity index (χ2v) is 4.47.